The second-order valence-electron chi connectivity index (χ2n) is 8.14. The third-order valence-corrected chi connectivity index (χ3v) is 6.36. The fraction of sp³-hybridized carbons (Fsp3) is 0.231. The monoisotopic (exact) mass is 433 g/mol. The number of anilines is 1. The zero-order valence-corrected chi connectivity index (χ0v) is 19.1. The number of fused-ring (bicyclic) bond motifs is 2. The highest BCUT2D eigenvalue weighted by molar-refractivity contribution is 7.92. The molecule has 4 rings (SSSR count). The molecule has 3 aromatic rings. The number of hydrogen-bond acceptors (Lipinski definition) is 3. The van der Waals surface area contributed by atoms with Gasteiger partial charge in [0.1, 0.15) is 5.75 Å². The highest BCUT2D eigenvalue weighted by Crippen LogP contribution is 2.40. The predicted octanol–water partition coefficient (Wildman–Crippen LogP) is 5.45. The lowest BCUT2D eigenvalue weighted by Gasteiger charge is -2.18. The van der Waals surface area contributed by atoms with Gasteiger partial charge in [-0.1, -0.05) is 42.0 Å². The van der Waals surface area contributed by atoms with Crippen LogP contribution < -0.4 is 9.46 Å². The number of hydrogen-bond donors (Lipinski definition) is 1. The third kappa shape index (κ3) is 4.52. The highest BCUT2D eigenvalue weighted by Gasteiger charge is 2.21. The van der Waals surface area contributed by atoms with Crippen molar-refractivity contribution >= 4 is 26.9 Å². The van der Waals surface area contributed by atoms with E-state index in [9.17, 15) is 8.42 Å². The number of rotatable bonds is 4. The van der Waals surface area contributed by atoms with Crippen molar-refractivity contribution in [2.75, 3.05) is 18.1 Å². The maximum absolute atomic E-state index is 11.7. The molecule has 1 aliphatic rings. The van der Waals surface area contributed by atoms with Crippen LogP contribution in [0, 0.1) is 6.92 Å². The minimum absolute atomic E-state index is 0.563. The Kier molecular flexibility index (Phi) is 5.63. The van der Waals surface area contributed by atoms with Gasteiger partial charge in [0.25, 0.3) is 0 Å². The molecule has 0 heterocycles. The van der Waals surface area contributed by atoms with Gasteiger partial charge >= 0.3 is 0 Å². The summed E-state index contributed by atoms with van der Waals surface area (Å²) in [7, 11) is -1.65. The van der Waals surface area contributed by atoms with Crippen LogP contribution in [0.3, 0.4) is 0 Å². The number of benzene rings is 3. The quantitative estimate of drug-likeness (QED) is 0.595. The minimum atomic E-state index is -3.34. The molecule has 1 aliphatic carbocycles. The molecular formula is C26H27NO3S. The molecule has 0 unspecified atom stereocenters. The van der Waals surface area contributed by atoms with Crippen LogP contribution >= 0.6 is 0 Å². The molecule has 160 valence electrons. The Bertz CT molecular complexity index is 1290. The fourth-order valence-electron chi connectivity index (χ4n) is 4.31. The molecule has 0 atom stereocenters. The van der Waals surface area contributed by atoms with Gasteiger partial charge in [0.05, 0.1) is 13.4 Å². The fourth-order valence-corrected chi connectivity index (χ4v) is 4.87. The van der Waals surface area contributed by atoms with Gasteiger partial charge in [-0.3, -0.25) is 4.72 Å². The third-order valence-electron chi connectivity index (χ3n) is 5.75. The van der Waals surface area contributed by atoms with E-state index in [1.807, 2.05) is 24.3 Å². The van der Waals surface area contributed by atoms with Gasteiger partial charge in [0.2, 0.25) is 10.0 Å². The van der Waals surface area contributed by atoms with E-state index in [2.05, 4.69) is 48.9 Å². The Morgan fingerprint density at radius 1 is 0.935 bits per heavy atom. The predicted molar refractivity (Wildman–Crippen MR) is 128 cm³/mol. The first-order valence-electron chi connectivity index (χ1n) is 10.3. The Labute approximate surface area is 184 Å². The van der Waals surface area contributed by atoms with Gasteiger partial charge in [-0.2, -0.15) is 0 Å². The van der Waals surface area contributed by atoms with Gasteiger partial charge in [-0.25, -0.2) is 8.42 Å². The number of ether oxygens (including phenoxy) is 1. The van der Waals surface area contributed by atoms with Gasteiger partial charge in [0, 0.05) is 5.69 Å². The van der Waals surface area contributed by atoms with Crippen LogP contribution in [0.4, 0.5) is 5.69 Å². The summed E-state index contributed by atoms with van der Waals surface area (Å²) in [6.45, 7) is 4.23. The molecule has 0 aliphatic heterocycles. The zero-order valence-electron chi connectivity index (χ0n) is 18.3. The Morgan fingerprint density at radius 3 is 2.29 bits per heavy atom. The van der Waals surface area contributed by atoms with Crippen LogP contribution in [-0.2, 0) is 22.9 Å². The van der Waals surface area contributed by atoms with E-state index in [0.29, 0.717) is 5.69 Å². The summed E-state index contributed by atoms with van der Waals surface area (Å²) in [5.74, 6) is 0.859. The van der Waals surface area contributed by atoms with Crippen molar-refractivity contribution in [2.45, 2.75) is 26.7 Å². The lowest BCUT2D eigenvalue weighted by molar-refractivity contribution is 0.414. The number of sulfonamides is 1. The number of methoxy groups -OCH3 is 1. The zero-order chi connectivity index (χ0) is 22.2. The van der Waals surface area contributed by atoms with E-state index in [1.54, 1.807) is 13.2 Å². The molecule has 0 bridgehead atoms. The summed E-state index contributed by atoms with van der Waals surface area (Å²) in [5, 5.41) is 0. The van der Waals surface area contributed by atoms with Crippen molar-refractivity contribution in [2.24, 2.45) is 0 Å². The Hall–Kier alpha value is -3.05. The molecule has 31 heavy (non-hydrogen) atoms. The van der Waals surface area contributed by atoms with Crippen LogP contribution in [0.1, 0.15) is 40.3 Å². The molecule has 0 amide bonds. The number of nitrogens with one attached hydrogen (secondary N) is 1. The van der Waals surface area contributed by atoms with Crippen molar-refractivity contribution in [1.29, 1.82) is 0 Å². The van der Waals surface area contributed by atoms with Crippen LogP contribution in [-0.4, -0.2) is 21.8 Å². The molecule has 0 saturated carbocycles. The van der Waals surface area contributed by atoms with Crippen molar-refractivity contribution in [3.63, 3.8) is 0 Å². The van der Waals surface area contributed by atoms with E-state index in [4.69, 9.17) is 4.74 Å². The first-order chi connectivity index (χ1) is 14.7. The molecule has 5 heteroatoms. The second kappa shape index (κ2) is 8.23. The summed E-state index contributed by atoms with van der Waals surface area (Å²) < 4.78 is 31.5. The van der Waals surface area contributed by atoms with Crippen molar-refractivity contribution in [3.8, 4) is 5.75 Å². The standard InChI is InChI=1S/C26H27NO3S/c1-17-8-12-24-20(14-17)9-10-21-16-23(30-3)11-13-25(21)26(24)18(2)19-6-5-7-22(15-19)27-31(4,28)29/h5-8,11-16,27H,9-10H2,1-4H3. The van der Waals surface area contributed by atoms with E-state index in [-0.39, 0.29) is 0 Å². The van der Waals surface area contributed by atoms with E-state index < -0.39 is 10.0 Å². The smallest absolute Gasteiger partial charge is 0.229 e. The SMILES string of the molecule is COc1ccc2c(c1)CCc1cc(C)ccc1C2=C(C)c1cccc(NS(C)(=O)=O)c1. The van der Waals surface area contributed by atoms with E-state index in [0.717, 1.165) is 29.7 Å². The largest absolute Gasteiger partial charge is 0.497 e. The lowest BCUT2D eigenvalue weighted by atomic mass is 9.87. The maximum Gasteiger partial charge on any atom is 0.229 e. The number of aryl methyl sites for hydroxylation is 3. The van der Waals surface area contributed by atoms with Crippen LogP contribution in [0.5, 0.6) is 5.75 Å². The van der Waals surface area contributed by atoms with Gasteiger partial charge in [-0.15, -0.1) is 0 Å². The lowest BCUT2D eigenvalue weighted by Crippen LogP contribution is -2.09. The average Bonchev–Trinajstić information content (AvgIpc) is 2.88. The van der Waals surface area contributed by atoms with E-state index in [1.165, 1.54) is 39.6 Å². The number of allylic oxidation sites excluding steroid dienone is 1. The Balaban J connectivity index is 1.96. The summed E-state index contributed by atoms with van der Waals surface area (Å²) >= 11 is 0. The topological polar surface area (TPSA) is 55.4 Å². The molecule has 3 aromatic carbocycles. The summed E-state index contributed by atoms with van der Waals surface area (Å²) in [6, 6.07) is 20.5. The highest BCUT2D eigenvalue weighted by atomic mass is 32.2. The molecule has 1 N–H and O–H groups in total. The van der Waals surface area contributed by atoms with Gasteiger partial charge in [0.15, 0.2) is 0 Å². The molecule has 0 fully saturated rings. The first kappa shape index (κ1) is 21.2. The van der Waals surface area contributed by atoms with E-state index >= 15 is 0 Å². The second-order valence-corrected chi connectivity index (χ2v) is 9.89. The molecule has 4 nitrogen and oxygen atoms in total. The van der Waals surface area contributed by atoms with Gasteiger partial charge in [-0.05, 0) is 89.9 Å². The van der Waals surface area contributed by atoms with Crippen LogP contribution in [0.25, 0.3) is 11.1 Å². The molecular weight excluding hydrogens is 406 g/mol. The normalized spacial score (nSPS) is 14.8. The van der Waals surface area contributed by atoms with Crippen molar-refractivity contribution in [3.05, 3.63) is 94.0 Å². The van der Waals surface area contributed by atoms with Gasteiger partial charge < -0.3 is 4.74 Å². The first-order valence-corrected chi connectivity index (χ1v) is 12.2. The summed E-state index contributed by atoms with van der Waals surface area (Å²) in [4.78, 5) is 0. The minimum Gasteiger partial charge on any atom is -0.497 e. The molecule has 0 saturated heterocycles. The van der Waals surface area contributed by atoms with Crippen LogP contribution in [0.15, 0.2) is 60.7 Å². The summed E-state index contributed by atoms with van der Waals surface area (Å²) in [5.41, 5.74) is 10.1. The van der Waals surface area contributed by atoms with Crippen molar-refractivity contribution < 1.29 is 13.2 Å². The average molecular weight is 434 g/mol. The maximum atomic E-state index is 11.7. The van der Waals surface area contributed by atoms with Crippen LogP contribution in [0.2, 0.25) is 0 Å². The Morgan fingerprint density at radius 2 is 1.61 bits per heavy atom. The summed E-state index contributed by atoms with van der Waals surface area (Å²) in [6.07, 6.45) is 3.07. The molecule has 0 aromatic heterocycles. The molecule has 0 spiro atoms. The van der Waals surface area contributed by atoms with Crippen molar-refractivity contribution in [1.82, 2.24) is 0 Å². The molecule has 0 radical (unpaired) electrons.